The zero-order valence-electron chi connectivity index (χ0n) is 21.0. The fourth-order valence-corrected chi connectivity index (χ4v) is 5.51. The standard InChI is InChI=1S/C27H29Cl2FN4O5/c28-20-10-9-19(14-21(20)29)31-27(39)34-12-11-33(26(38)17-7-4-8-18(30)13-17)25(34)24(37)32-22(15-23(35)36)16-5-2-1-3-6-16/h4,7-10,13-14,16,22,25H,1-3,5-6,11-12,15H2,(H,31,39)(H,32,37)(H,35,36). The van der Waals surface area contributed by atoms with Crippen LogP contribution in [0.3, 0.4) is 0 Å². The van der Waals surface area contributed by atoms with Crippen LogP contribution in [0.15, 0.2) is 42.5 Å². The second-order valence-corrected chi connectivity index (χ2v) is 10.6. The van der Waals surface area contributed by atoms with Gasteiger partial charge in [-0.1, -0.05) is 48.5 Å². The monoisotopic (exact) mass is 578 g/mol. The summed E-state index contributed by atoms with van der Waals surface area (Å²) in [7, 11) is 0. The third kappa shape index (κ3) is 6.99. The van der Waals surface area contributed by atoms with Gasteiger partial charge in [0.1, 0.15) is 5.82 Å². The number of carboxylic acid groups (broad SMARTS) is 1. The van der Waals surface area contributed by atoms with E-state index in [9.17, 15) is 28.7 Å². The Morgan fingerprint density at radius 2 is 1.69 bits per heavy atom. The summed E-state index contributed by atoms with van der Waals surface area (Å²) in [6.07, 6.45) is 2.79. The number of rotatable bonds is 7. The van der Waals surface area contributed by atoms with Gasteiger partial charge in [0.05, 0.1) is 16.5 Å². The van der Waals surface area contributed by atoms with E-state index in [1.165, 1.54) is 40.1 Å². The van der Waals surface area contributed by atoms with Crippen LogP contribution in [0.4, 0.5) is 14.9 Å². The normalized spacial score (nSPS) is 18.5. The lowest BCUT2D eigenvalue weighted by Gasteiger charge is -2.34. The van der Waals surface area contributed by atoms with Gasteiger partial charge in [0.25, 0.3) is 11.8 Å². The molecule has 12 heteroatoms. The maximum absolute atomic E-state index is 13.9. The molecule has 1 saturated heterocycles. The number of carbonyl (C=O) groups is 4. The highest BCUT2D eigenvalue weighted by atomic mass is 35.5. The predicted octanol–water partition coefficient (Wildman–Crippen LogP) is 4.99. The number of carbonyl (C=O) groups excluding carboxylic acids is 3. The molecule has 0 bridgehead atoms. The molecule has 0 aromatic heterocycles. The Balaban J connectivity index is 1.61. The van der Waals surface area contributed by atoms with Gasteiger partial charge in [-0.2, -0.15) is 0 Å². The van der Waals surface area contributed by atoms with E-state index in [-0.39, 0.29) is 36.0 Å². The average molecular weight is 579 g/mol. The maximum Gasteiger partial charge on any atom is 0.323 e. The lowest BCUT2D eigenvalue weighted by Crippen LogP contribution is -2.57. The van der Waals surface area contributed by atoms with Gasteiger partial charge in [-0.15, -0.1) is 0 Å². The van der Waals surface area contributed by atoms with Crippen molar-refractivity contribution in [1.82, 2.24) is 15.1 Å². The third-order valence-corrected chi connectivity index (χ3v) is 7.85. The summed E-state index contributed by atoms with van der Waals surface area (Å²) in [5.74, 6) is -3.02. The SMILES string of the molecule is O=C(O)CC(NC(=O)C1N(C(=O)Nc2ccc(Cl)c(Cl)c2)CCN1C(=O)c1cccc(F)c1)C1CCCCC1. The molecule has 2 aromatic rings. The molecule has 1 heterocycles. The highest BCUT2D eigenvalue weighted by Crippen LogP contribution is 2.29. The Labute approximate surface area is 235 Å². The third-order valence-electron chi connectivity index (χ3n) is 7.11. The summed E-state index contributed by atoms with van der Waals surface area (Å²) < 4.78 is 13.9. The minimum atomic E-state index is -1.39. The molecule has 1 aliphatic heterocycles. The van der Waals surface area contributed by atoms with Crippen molar-refractivity contribution >= 4 is 52.7 Å². The largest absolute Gasteiger partial charge is 0.481 e. The van der Waals surface area contributed by atoms with Crippen LogP contribution in [0.2, 0.25) is 10.0 Å². The summed E-state index contributed by atoms with van der Waals surface area (Å²) in [5.41, 5.74) is 0.350. The molecule has 0 radical (unpaired) electrons. The second-order valence-electron chi connectivity index (χ2n) is 9.75. The number of benzene rings is 2. The summed E-state index contributed by atoms with van der Waals surface area (Å²) >= 11 is 12.0. The lowest BCUT2D eigenvalue weighted by molar-refractivity contribution is -0.138. The molecule has 0 spiro atoms. The molecule has 1 aliphatic carbocycles. The van der Waals surface area contributed by atoms with Crippen LogP contribution in [0, 0.1) is 11.7 Å². The molecule has 39 heavy (non-hydrogen) atoms. The van der Waals surface area contributed by atoms with Crippen LogP contribution in [0.1, 0.15) is 48.9 Å². The number of urea groups is 1. The molecule has 4 amide bonds. The van der Waals surface area contributed by atoms with E-state index in [0.29, 0.717) is 10.7 Å². The van der Waals surface area contributed by atoms with Crippen molar-refractivity contribution in [3.8, 4) is 0 Å². The van der Waals surface area contributed by atoms with Crippen LogP contribution in [0.25, 0.3) is 0 Å². The van der Waals surface area contributed by atoms with Gasteiger partial charge in [0.15, 0.2) is 6.17 Å². The van der Waals surface area contributed by atoms with Gasteiger partial charge in [0, 0.05) is 30.4 Å². The molecule has 2 unspecified atom stereocenters. The molecule has 4 rings (SSSR count). The number of aliphatic carboxylic acids is 1. The van der Waals surface area contributed by atoms with Crippen molar-refractivity contribution in [2.75, 3.05) is 18.4 Å². The number of anilines is 1. The number of nitrogens with zero attached hydrogens (tertiary/aromatic N) is 2. The molecule has 2 aliphatic rings. The fourth-order valence-electron chi connectivity index (χ4n) is 5.21. The van der Waals surface area contributed by atoms with Gasteiger partial charge in [-0.05, 0) is 55.2 Å². The Morgan fingerprint density at radius 1 is 0.974 bits per heavy atom. The quantitative estimate of drug-likeness (QED) is 0.427. The Kier molecular flexibility index (Phi) is 9.29. The fraction of sp³-hybridized carbons (Fsp3) is 0.407. The molecule has 2 fully saturated rings. The van der Waals surface area contributed by atoms with Crippen LogP contribution in [0.5, 0.6) is 0 Å². The zero-order valence-corrected chi connectivity index (χ0v) is 22.6. The van der Waals surface area contributed by atoms with E-state index in [1.807, 2.05) is 0 Å². The first kappa shape index (κ1) is 28.6. The van der Waals surface area contributed by atoms with Crippen molar-refractivity contribution in [2.45, 2.75) is 50.7 Å². The Morgan fingerprint density at radius 3 is 2.36 bits per heavy atom. The lowest BCUT2D eigenvalue weighted by atomic mass is 9.82. The van der Waals surface area contributed by atoms with Crippen molar-refractivity contribution in [2.24, 2.45) is 5.92 Å². The number of nitrogens with one attached hydrogen (secondary N) is 2. The van der Waals surface area contributed by atoms with Crippen LogP contribution in [-0.4, -0.2) is 64.0 Å². The van der Waals surface area contributed by atoms with E-state index in [0.717, 1.165) is 38.2 Å². The summed E-state index contributed by atoms with van der Waals surface area (Å²) in [5, 5.41) is 15.5. The summed E-state index contributed by atoms with van der Waals surface area (Å²) in [6.45, 7) is 0.0224. The first-order valence-electron chi connectivity index (χ1n) is 12.8. The van der Waals surface area contributed by atoms with Crippen LogP contribution in [-0.2, 0) is 9.59 Å². The maximum atomic E-state index is 13.9. The highest BCUT2D eigenvalue weighted by Gasteiger charge is 2.44. The van der Waals surface area contributed by atoms with Gasteiger partial charge in [-0.25, -0.2) is 9.18 Å². The van der Waals surface area contributed by atoms with Gasteiger partial charge in [-0.3, -0.25) is 19.3 Å². The van der Waals surface area contributed by atoms with Crippen molar-refractivity contribution in [1.29, 1.82) is 0 Å². The topological polar surface area (TPSA) is 119 Å². The van der Waals surface area contributed by atoms with Crippen LogP contribution < -0.4 is 10.6 Å². The predicted molar refractivity (Wildman–Crippen MR) is 144 cm³/mol. The highest BCUT2D eigenvalue weighted by molar-refractivity contribution is 6.42. The Bertz CT molecular complexity index is 1260. The molecule has 1 saturated carbocycles. The van der Waals surface area contributed by atoms with Gasteiger partial charge >= 0.3 is 12.0 Å². The van der Waals surface area contributed by atoms with E-state index in [1.54, 1.807) is 6.07 Å². The number of halogens is 3. The molecule has 2 aromatic carbocycles. The molecular weight excluding hydrogens is 550 g/mol. The molecule has 3 N–H and O–H groups in total. The van der Waals surface area contributed by atoms with Crippen molar-refractivity contribution in [3.63, 3.8) is 0 Å². The average Bonchev–Trinajstić information content (AvgIpc) is 3.36. The number of amides is 4. The van der Waals surface area contributed by atoms with Crippen molar-refractivity contribution < 1.29 is 28.7 Å². The van der Waals surface area contributed by atoms with E-state index < -0.39 is 41.8 Å². The molecule has 9 nitrogen and oxygen atoms in total. The van der Waals surface area contributed by atoms with E-state index >= 15 is 0 Å². The minimum Gasteiger partial charge on any atom is -0.481 e. The summed E-state index contributed by atoms with van der Waals surface area (Å²) in [6, 6.07) is 8.23. The smallest absolute Gasteiger partial charge is 0.323 e. The molecule has 208 valence electrons. The number of hydrogen-bond donors (Lipinski definition) is 3. The minimum absolute atomic E-state index is 0.00918. The zero-order chi connectivity index (χ0) is 28.1. The van der Waals surface area contributed by atoms with Gasteiger partial charge in [0.2, 0.25) is 0 Å². The van der Waals surface area contributed by atoms with Crippen LogP contribution >= 0.6 is 23.2 Å². The van der Waals surface area contributed by atoms with E-state index in [2.05, 4.69) is 10.6 Å². The summed E-state index contributed by atoms with van der Waals surface area (Å²) in [4.78, 5) is 54.4. The van der Waals surface area contributed by atoms with E-state index in [4.69, 9.17) is 23.2 Å². The molecular formula is C27H29Cl2FN4O5. The Hall–Kier alpha value is -3.37. The number of carboxylic acids is 1. The first-order valence-corrected chi connectivity index (χ1v) is 13.5. The van der Waals surface area contributed by atoms with Gasteiger partial charge < -0.3 is 20.6 Å². The number of hydrogen-bond acceptors (Lipinski definition) is 4. The first-order chi connectivity index (χ1) is 18.6. The van der Waals surface area contributed by atoms with Crippen molar-refractivity contribution in [3.05, 3.63) is 63.9 Å². The second kappa shape index (κ2) is 12.7. The molecule has 2 atom stereocenters.